The van der Waals surface area contributed by atoms with Crippen LogP contribution in [0.1, 0.15) is 36.1 Å². The molecular weight excluding hydrogens is 220 g/mol. The molecule has 2 atom stereocenters. The largest absolute Gasteiger partial charge is 0.378 e. The van der Waals surface area contributed by atoms with E-state index in [1.165, 1.54) is 29.1 Å². The highest BCUT2D eigenvalue weighted by Crippen LogP contribution is 2.21. The fourth-order valence-electron chi connectivity index (χ4n) is 2.02. The van der Waals surface area contributed by atoms with Crippen LogP contribution in [0.25, 0.3) is 0 Å². The van der Waals surface area contributed by atoms with Gasteiger partial charge in [0.05, 0.1) is 11.1 Å². The molecule has 1 saturated heterocycles. The van der Waals surface area contributed by atoms with Gasteiger partial charge in [-0.2, -0.15) is 0 Å². The van der Waals surface area contributed by atoms with Gasteiger partial charge in [0.2, 0.25) is 0 Å². The normalized spacial score (nSPS) is 23.2. The third-order valence-corrected chi connectivity index (χ3v) is 3.84. The third-order valence-electron chi connectivity index (χ3n) is 2.80. The monoisotopic (exact) mass is 240 g/mol. The van der Waals surface area contributed by atoms with Gasteiger partial charge in [0.1, 0.15) is 0 Å². The van der Waals surface area contributed by atoms with E-state index in [9.17, 15) is 0 Å². The van der Waals surface area contributed by atoms with Crippen LogP contribution in [0.15, 0.2) is 6.20 Å². The van der Waals surface area contributed by atoms with Crippen molar-refractivity contribution >= 4 is 11.3 Å². The van der Waals surface area contributed by atoms with Crippen molar-refractivity contribution in [3.05, 3.63) is 16.1 Å². The summed E-state index contributed by atoms with van der Waals surface area (Å²) in [5, 5.41) is 1.20. The van der Waals surface area contributed by atoms with Crippen molar-refractivity contribution in [2.24, 2.45) is 5.73 Å². The van der Waals surface area contributed by atoms with Gasteiger partial charge in [0.25, 0.3) is 0 Å². The Kier molecular flexibility index (Phi) is 4.32. The molecule has 2 rings (SSSR count). The molecule has 4 heteroatoms. The van der Waals surface area contributed by atoms with Crippen molar-refractivity contribution in [3.8, 4) is 0 Å². The molecule has 90 valence electrons. The van der Waals surface area contributed by atoms with E-state index < -0.39 is 0 Å². The van der Waals surface area contributed by atoms with Crippen LogP contribution in [-0.4, -0.2) is 23.7 Å². The van der Waals surface area contributed by atoms with Gasteiger partial charge in [0, 0.05) is 30.1 Å². The number of hydrogen-bond donors (Lipinski definition) is 1. The summed E-state index contributed by atoms with van der Waals surface area (Å²) >= 11 is 1.78. The van der Waals surface area contributed by atoms with Crippen molar-refractivity contribution in [1.82, 2.24) is 4.98 Å². The van der Waals surface area contributed by atoms with Gasteiger partial charge >= 0.3 is 0 Å². The molecule has 1 fully saturated rings. The van der Waals surface area contributed by atoms with E-state index in [4.69, 9.17) is 10.5 Å². The maximum absolute atomic E-state index is 5.77. The van der Waals surface area contributed by atoms with Gasteiger partial charge in [-0.15, -0.1) is 11.3 Å². The molecule has 0 bridgehead atoms. The zero-order valence-corrected chi connectivity index (χ0v) is 10.6. The molecule has 0 radical (unpaired) electrons. The van der Waals surface area contributed by atoms with Crippen molar-refractivity contribution in [1.29, 1.82) is 0 Å². The van der Waals surface area contributed by atoms with Crippen molar-refractivity contribution in [2.45, 2.75) is 51.2 Å². The van der Waals surface area contributed by atoms with Gasteiger partial charge in [-0.3, -0.25) is 0 Å². The first-order valence-corrected chi connectivity index (χ1v) is 6.86. The molecule has 1 aliphatic rings. The standard InChI is InChI=1S/C12H20N2OS/c1-9(13)6-11-8-14-12(16-11)7-10-4-2-3-5-15-10/h8-10H,2-7,13H2,1H3. The number of aromatic nitrogens is 1. The summed E-state index contributed by atoms with van der Waals surface area (Å²) in [5.41, 5.74) is 5.77. The maximum Gasteiger partial charge on any atom is 0.0953 e. The zero-order valence-electron chi connectivity index (χ0n) is 9.82. The Hall–Kier alpha value is -0.450. The van der Waals surface area contributed by atoms with Crippen molar-refractivity contribution in [3.63, 3.8) is 0 Å². The lowest BCUT2D eigenvalue weighted by Gasteiger charge is -2.21. The van der Waals surface area contributed by atoms with Gasteiger partial charge in [-0.05, 0) is 32.6 Å². The van der Waals surface area contributed by atoms with Crippen molar-refractivity contribution in [2.75, 3.05) is 6.61 Å². The first-order valence-electron chi connectivity index (χ1n) is 6.05. The highest BCUT2D eigenvalue weighted by molar-refractivity contribution is 7.11. The van der Waals surface area contributed by atoms with E-state index in [1.807, 2.05) is 13.1 Å². The molecule has 1 aliphatic heterocycles. The first kappa shape index (κ1) is 12.0. The molecule has 0 saturated carbocycles. The second-order valence-electron chi connectivity index (χ2n) is 4.59. The Labute approximate surface area is 101 Å². The smallest absolute Gasteiger partial charge is 0.0953 e. The highest BCUT2D eigenvalue weighted by atomic mass is 32.1. The Bertz CT molecular complexity index is 319. The molecular formula is C12H20N2OS. The Morgan fingerprint density at radius 2 is 2.50 bits per heavy atom. The molecule has 0 amide bonds. The molecule has 0 aliphatic carbocycles. The predicted octanol–water partition coefficient (Wildman–Crippen LogP) is 2.14. The molecule has 2 unspecified atom stereocenters. The Morgan fingerprint density at radius 1 is 1.62 bits per heavy atom. The number of nitrogens with two attached hydrogens (primary N) is 1. The van der Waals surface area contributed by atoms with Crippen LogP contribution in [0.2, 0.25) is 0 Å². The molecule has 0 aromatic carbocycles. The second kappa shape index (κ2) is 5.75. The van der Waals surface area contributed by atoms with E-state index in [0.29, 0.717) is 6.10 Å². The molecule has 3 nitrogen and oxygen atoms in total. The summed E-state index contributed by atoms with van der Waals surface area (Å²) in [6.45, 7) is 2.95. The molecule has 0 spiro atoms. The highest BCUT2D eigenvalue weighted by Gasteiger charge is 2.16. The minimum Gasteiger partial charge on any atom is -0.378 e. The summed E-state index contributed by atoms with van der Waals surface area (Å²) in [6, 6.07) is 0.222. The average molecular weight is 240 g/mol. The van der Waals surface area contributed by atoms with Crippen LogP contribution >= 0.6 is 11.3 Å². The van der Waals surface area contributed by atoms with Crippen LogP contribution in [0, 0.1) is 0 Å². The fourth-order valence-corrected chi connectivity index (χ4v) is 3.15. The van der Waals surface area contributed by atoms with Gasteiger partial charge < -0.3 is 10.5 Å². The van der Waals surface area contributed by atoms with Crippen LogP contribution in [0.4, 0.5) is 0 Å². The lowest BCUT2D eigenvalue weighted by molar-refractivity contribution is 0.0168. The van der Waals surface area contributed by atoms with Crippen LogP contribution in [-0.2, 0) is 17.6 Å². The quantitative estimate of drug-likeness (QED) is 0.877. The second-order valence-corrected chi connectivity index (χ2v) is 5.79. The fraction of sp³-hybridized carbons (Fsp3) is 0.750. The summed E-state index contributed by atoms with van der Waals surface area (Å²) in [4.78, 5) is 5.74. The zero-order chi connectivity index (χ0) is 11.4. The minimum absolute atomic E-state index is 0.222. The van der Waals surface area contributed by atoms with Crippen LogP contribution < -0.4 is 5.73 Å². The number of rotatable bonds is 4. The third kappa shape index (κ3) is 3.54. The van der Waals surface area contributed by atoms with Crippen molar-refractivity contribution < 1.29 is 4.74 Å². The van der Waals surface area contributed by atoms with Gasteiger partial charge in [-0.1, -0.05) is 0 Å². The Balaban J connectivity index is 1.86. The molecule has 16 heavy (non-hydrogen) atoms. The molecule has 2 N–H and O–H groups in total. The first-order chi connectivity index (χ1) is 7.74. The number of thiazole rings is 1. The summed E-state index contributed by atoms with van der Waals surface area (Å²) in [6.07, 6.45) is 7.96. The van der Waals surface area contributed by atoms with Crippen LogP contribution in [0.3, 0.4) is 0 Å². The van der Waals surface area contributed by atoms with E-state index in [0.717, 1.165) is 19.4 Å². The number of nitrogens with zero attached hydrogens (tertiary/aromatic N) is 1. The van der Waals surface area contributed by atoms with Gasteiger partial charge in [0.15, 0.2) is 0 Å². The molecule has 1 aromatic heterocycles. The lowest BCUT2D eigenvalue weighted by Crippen LogP contribution is -2.21. The van der Waals surface area contributed by atoms with E-state index >= 15 is 0 Å². The van der Waals surface area contributed by atoms with E-state index in [2.05, 4.69) is 4.98 Å². The van der Waals surface area contributed by atoms with E-state index in [-0.39, 0.29) is 6.04 Å². The lowest BCUT2D eigenvalue weighted by atomic mass is 10.1. The predicted molar refractivity (Wildman–Crippen MR) is 66.8 cm³/mol. The minimum atomic E-state index is 0.222. The van der Waals surface area contributed by atoms with E-state index in [1.54, 1.807) is 11.3 Å². The molecule has 2 heterocycles. The topological polar surface area (TPSA) is 48.1 Å². The van der Waals surface area contributed by atoms with Crippen LogP contribution in [0.5, 0.6) is 0 Å². The average Bonchev–Trinajstić information content (AvgIpc) is 2.66. The number of hydrogen-bond acceptors (Lipinski definition) is 4. The van der Waals surface area contributed by atoms with Gasteiger partial charge in [-0.25, -0.2) is 4.98 Å². The SMILES string of the molecule is CC(N)Cc1cnc(CC2CCCCO2)s1. The number of ether oxygens (including phenoxy) is 1. The Morgan fingerprint density at radius 3 is 3.19 bits per heavy atom. The summed E-state index contributed by atoms with van der Waals surface area (Å²) < 4.78 is 5.71. The maximum atomic E-state index is 5.77. The summed E-state index contributed by atoms with van der Waals surface area (Å²) in [5.74, 6) is 0. The molecule has 1 aromatic rings. The summed E-state index contributed by atoms with van der Waals surface area (Å²) in [7, 11) is 0.